The first-order valence-electron chi connectivity index (χ1n) is 7.98. The number of fused-ring (bicyclic) bond motifs is 1. The zero-order valence-corrected chi connectivity index (χ0v) is 14.8. The minimum absolute atomic E-state index is 0.0471. The number of hydrogen-bond acceptors (Lipinski definition) is 4. The van der Waals surface area contributed by atoms with Gasteiger partial charge in [0.05, 0.1) is 31.4 Å². The van der Waals surface area contributed by atoms with Crippen molar-refractivity contribution in [3.8, 4) is 11.5 Å². The number of benzene rings is 2. The van der Waals surface area contributed by atoms with Crippen LogP contribution in [0.4, 0.5) is 0 Å². The Morgan fingerprint density at radius 1 is 1.17 bits per heavy atom. The van der Waals surface area contributed by atoms with Gasteiger partial charge in [-0.3, -0.25) is 0 Å². The van der Waals surface area contributed by atoms with Crippen LogP contribution < -0.4 is 14.8 Å². The van der Waals surface area contributed by atoms with Crippen LogP contribution in [0.25, 0.3) is 0 Å². The van der Waals surface area contributed by atoms with Crippen LogP contribution in [0.15, 0.2) is 36.4 Å². The molecule has 0 amide bonds. The van der Waals surface area contributed by atoms with Gasteiger partial charge in [0, 0.05) is 24.1 Å². The van der Waals surface area contributed by atoms with Crippen LogP contribution in [0.5, 0.6) is 11.5 Å². The maximum Gasteiger partial charge on any atom is 0.141 e. The second-order valence-corrected chi connectivity index (χ2v) is 6.47. The van der Waals surface area contributed by atoms with E-state index in [0.29, 0.717) is 22.9 Å². The van der Waals surface area contributed by atoms with Gasteiger partial charge in [-0.25, -0.2) is 0 Å². The molecule has 0 fully saturated rings. The third-order valence-electron chi connectivity index (χ3n) is 4.60. The van der Waals surface area contributed by atoms with Gasteiger partial charge in [-0.15, -0.1) is 0 Å². The molecule has 3 atom stereocenters. The van der Waals surface area contributed by atoms with Crippen LogP contribution in [0, 0.1) is 0 Å². The average Bonchev–Trinajstić information content (AvgIpc) is 2.90. The summed E-state index contributed by atoms with van der Waals surface area (Å²) in [5, 5.41) is 14.5. The average molecular weight is 348 g/mol. The smallest absolute Gasteiger partial charge is 0.141 e. The molecular weight excluding hydrogens is 326 g/mol. The number of rotatable bonds is 5. The van der Waals surface area contributed by atoms with E-state index < -0.39 is 6.10 Å². The van der Waals surface area contributed by atoms with Gasteiger partial charge in [-0.1, -0.05) is 35.9 Å². The summed E-state index contributed by atoms with van der Waals surface area (Å²) in [6.45, 7) is 2.04. The molecule has 0 spiro atoms. The van der Waals surface area contributed by atoms with E-state index in [1.54, 1.807) is 20.3 Å². The van der Waals surface area contributed by atoms with Crippen molar-refractivity contribution in [2.45, 2.75) is 31.5 Å². The fourth-order valence-electron chi connectivity index (χ4n) is 3.36. The number of halogens is 1. The predicted molar refractivity (Wildman–Crippen MR) is 95.0 cm³/mol. The zero-order chi connectivity index (χ0) is 17.3. The summed E-state index contributed by atoms with van der Waals surface area (Å²) in [4.78, 5) is 0. The second kappa shape index (κ2) is 7.01. The quantitative estimate of drug-likeness (QED) is 0.866. The number of aliphatic hydroxyl groups is 1. The molecule has 2 aromatic carbocycles. The molecule has 0 bridgehead atoms. The molecular formula is C19H22ClNO3. The zero-order valence-electron chi connectivity index (χ0n) is 14.0. The third kappa shape index (κ3) is 3.09. The summed E-state index contributed by atoms with van der Waals surface area (Å²) in [5.41, 5.74) is 3.27. The van der Waals surface area contributed by atoms with Crippen molar-refractivity contribution in [3.05, 3.63) is 58.1 Å². The fourth-order valence-corrected chi connectivity index (χ4v) is 3.60. The van der Waals surface area contributed by atoms with Crippen molar-refractivity contribution in [2.24, 2.45) is 0 Å². The normalized spacial score (nSPS) is 20.5. The first kappa shape index (κ1) is 17.1. The molecule has 0 aliphatic heterocycles. The molecule has 0 heterocycles. The molecule has 24 heavy (non-hydrogen) atoms. The molecule has 5 heteroatoms. The van der Waals surface area contributed by atoms with Crippen LogP contribution in [0.3, 0.4) is 0 Å². The van der Waals surface area contributed by atoms with E-state index in [1.165, 1.54) is 5.56 Å². The SMILES string of the molecule is COc1cc(OC)c(C(C)NC2c3ccccc3CC2O)cc1Cl. The Morgan fingerprint density at radius 2 is 1.88 bits per heavy atom. The number of methoxy groups -OCH3 is 2. The number of nitrogens with one attached hydrogen (secondary N) is 1. The van der Waals surface area contributed by atoms with E-state index in [1.807, 2.05) is 25.1 Å². The lowest BCUT2D eigenvalue weighted by molar-refractivity contribution is 0.135. The maximum atomic E-state index is 10.4. The van der Waals surface area contributed by atoms with Crippen molar-refractivity contribution >= 4 is 11.6 Å². The van der Waals surface area contributed by atoms with Crippen LogP contribution in [-0.4, -0.2) is 25.4 Å². The molecule has 128 valence electrons. The standard InChI is InChI=1S/C19H22ClNO3/c1-11(14-9-15(20)18(24-3)10-17(14)23-2)21-19-13-7-5-4-6-12(13)8-16(19)22/h4-7,9-11,16,19,21-22H,8H2,1-3H3. The van der Waals surface area contributed by atoms with Crippen molar-refractivity contribution in [3.63, 3.8) is 0 Å². The van der Waals surface area contributed by atoms with E-state index in [0.717, 1.165) is 11.1 Å². The van der Waals surface area contributed by atoms with E-state index in [-0.39, 0.29) is 12.1 Å². The summed E-state index contributed by atoms with van der Waals surface area (Å²) in [5.74, 6) is 1.28. The Morgan fingerprint density at radius 3 is 2.58 bits per heavy atom. The summed E-state index contributed by atoms with van der Waals surface area (Å²) in [6, 6.07) is 11.6. The molecule has 4 nitrogen and oxygen atoms in total. The van der Waals surface area contributed by atoms with E-state index in [2.05, 4.69) is 17.4 Å². The van der Waals surface area contributed by atoms with E-state index in [4.69, 9.17) is 21.1 Å². The third-order valence-corrected chi connectivity index (χ3v) is 4.90. The molecule has 1 aliphatic carbocycles. The number of hydrogen-bond donors (Lipinski definition) is 2. The first-order valence-corrected chi connectivity index (χ1v) is 8.36. The largest absolute Gasteiger partial charge is 0.496 e. The van der Waals surface area contributed by atoms with Gasteiger partial charge in [0.2, 0.25) is 0 Å². The van der Waals surface area contributed by atoms with Gasteiger partial charge in [0.25, 0.3) is 0 Å². The predicted octanol–water partition coefficient (Wildman–Crippen LogP) is 3.67. The molecule has 0 aromatic heterocycles. The van der Waals surface area contributed by atoms with Crippen LogP contribution >= 0.6 is 11.6 Å². The topological polar surface area (TPSA) is 50.7 Å². The minimum atomic E-state index is -0.440. The molecule has 0 saturated heterocycles. The molecule has 2 N–H and O–H groups in total. The molecule has 3 rings (SSSR count). The van der Waals surface area contributed by atoms with Crippen LogP contribution in [-0.2, 0) is 6.42 Å². The van der Waals surface area contributed by atoms with Gasteiger partial charge in [0.1, 0.15) is 11.5 Å². The van der Waals surface area contributed by atoms with Crippen LogP contribution in [0.2, 0.25) is 5.02 Å². The summed E-state index contributed by atoms with van der Waals surface area (Å²) in [6.07, 6.45) is 0.228. The fraction of sp³-hybridized carbons (Fsp3) is 0.368. The Labute approximate surface area is 147 Å². The van der Waals surface area contributed by atoms with Crippen molar-refractivity contribution in [1.82, 2.24) is 5.32 Å². The summed E-state index contributed by atoms with van der Waals surface area (Å²) in [7, 11) is 3.20. The molecule has 0 saturated carbocycles. The number of aliphatic hydroxyl groups excluding tert-OH is 1. The van der Waals surface area contributed by atoms with Gasteiger partial charge >= 0.3 is 0 Å². The molecule has 2 aromatic rings. The highest BCUT2D eigenvalue weighted by molar-refractivity contribution is 6.32. The minimum Gasteiger partial charge on any atom is -0.496 e. The molecule has 1 aliphatic rings. The van der Waals surface area contributed by atoms with Gasteiger partial charge in [0.15, 0.2) is 0 Å². The second-order valence-electron chi connectivity index (χ2n) is 6.07. The van der Waals surface area contributed by atoms with Crippen molar-refractivity contribution < 1.29 is 14.6 Å². The highest BCUT2D eigenvalue weighted by Gasteiger charge is 2.32. The van der Waals surface area contributed by atoms with Gasteiger partial charge in [-0.05, 0) is 24.1 Å². The van der Waals surface area contributed by atoms with Crippen molar-refractivity contribution in [1.29, 1.82) is 0 Å². The van der Waals surface area contributed by atoms with Gasteiger partial charge < -0.3 is 19.9 Å². The number of ether oxygens (including phenoxy) is 2. The van der Waals surface area contributed by atoms with E-state index in [9.17, 15) is 5.11 Å². The van der Waals surface area contributed by atoms with E-state index >= 15 is 0 Å². The van der Waals surface area contributed by atoms with Crippen molar-refractivity contribution in [2.75, 3.05) is 14.2 Å². The summed E-state index contributed by atoms with van der Waals surface area (Å²) < 4.78 is 10.7. The lowest BCUT2D eigenvalue weighted by Crippen LogP contribution is -2.31. The van der Waals surface area contributed by atoms with Gasteiger partial charge in [-0.2, -0.15) is 0 Å². The lowest BCUT2D eigenvalue weighted by Gasteiger charge is -2.25. The molecule has 3 unspecified atom stereocenters. The molecule has 0 radical (unpaired) electrons. The Bertz CT molecular complexity index is 735. The van der Waals surface area contributed by atoms with Crippen LogP contribution in [0.1, 0.15) is 35.7 Å². The monoisotopic (exact) mass is 347 g/mol. The maximum absolute atomic E-state index is 10.4. The Balaban J connectivity index is 1.88. The Hall–Kier alpha value is -1.75. The Kier molecular flexibility index (Phi) is 4.99. The highest BCUT2D eigenvalue weighted by Crippen LogP contribution is 2.38. The first-order chi connectivity index (χ1) is 11.5. The highest BCUT2D eigenvalue weighted by atomic mass is 35.5. The lowest BCUT2D eigenvalue weighted by atomic mass is 10.0. The summed E-state index contributed by atoms with van der Waals surface area (Å²) >= 11 is 6.27.